The highest BCUT2D eigenvalue weighted by Gasteiger charge is 2.35. The Morgan fingerprint density at radius 1 is 1.00 bits per heavy atom. The molecule has 0 spiro atoms. The molecule has 1 aromatic rings. The molecule has 0 amide bonds. The molecule has 0 aliphatic carbocycles. The van der Waals surface area contributed by atoms with E-state index in [1.54, 1.807) is 0 Å². The Bertz CT molecular complexity index is 425. The van der Waals surface area contributed by atoms with E-state index in [0.29, 0.717) is 0 Å². The van der Waals surface area contributed by atoms with Crippen LogP contribution in [0.25, 0.3) is 6.08 Å². The topological polar surface area (TPSA) is 6.48 Å². The Morgan fingerprint density at radius 3 is 1.90 bits per heavy atom. The maximum Gasteiger partial charge on any atom is 0.0966 e. The Hall–Kier alpha value is -0.903. The number of nitrogens with zero attached hydrogens (tertiary/aromatic N) is 2. The van der Waals surface area contributed by atoms with E-state index in [-0.39, 0.29) is 5.29 Å². The van der Waals surface area contributed by atoms with Gasteiger partial charge in [0.25, 0.3) is 0 Å². The molecular formula is C18H32N2Si. The first-order chi connectivity index (χ1) is 10.1. The van der Waals surface area contributed by atoms with Gasteiger partial charge in [-0.1, -0.05) is 69.8 Å². The van der Waals surface area contributed by atoms with Crippen LogP contribution in [0.5, 0.6) is 0 Å². The van der Waals surface area contributed by atoms with Gasteiger partial charge >= 0.3 is 0 Å². The molecule has 0 saturated heterocycles. The molecule has 0 unspecified atom stereocenters. The van der Waals surface area contributed by atoms with Crippen LogP contribution < -0.4 is 5.19 Å². The quantitative estimate of drug-likeness (QED) is 0.511. The minimum Gasteiger partial charge on any atom is -0.289 e. The Morgan fingerprint density at radius 2 is 1.48 bits per heavy atom. The second-order valence-corrected chi connectivity index (χ2v) is 8.10. The fourth-order valence-corrected chi connectivity index (χ4v) is 6.27. The second kappa shape index (κ2) is 8.52. The van der Waals surface area contributed by atoms with Gasteiger partial charge in [0.15, 0.2) is 0 Å². The van der Waals surface area contributed by atoms with Gasteiger partial charge in [-0.15, -0.1) is 0 Å². The van der Waals surface area contributed by atoms with Crippen molar-refractivity contribution >= 4 is 20.8 Å². The third-order valence-corrected chi connectivity index (χ3v) is 7.28. The van der Waals surface area contributed by atoms with Crippen molar-refractivity contribution in [2.24, 2.45) is 0 Å². The number of hydrogen-bond donors (Lipinski definition) is 0. The normalized spacial score (nSPS) is 12.7. The molecule has 118 valence electrons. The van der Waals surface area contributed by atoms with Crippen molar-refractivity contribution in [2.45, 2.75) is 39.9 Å². The molecule has 0 bridgehead atoms. The van der Waals surface area contributed by atoms with E-state index in [1.165, 1.54) is 10.8 Å². The summed E-state index contributed by atoms with van der Waals surface area (Å²) in [6.07, 6.45) is 2.01. The molecule has 0 N–H and O–H groups in total. The van der Waals surface area contributed by atoms with E-state index in [0.717, 1.165) is 26.2 Å². The summed E-state index contributed by atoms with van der Waals surface area (Å²) in [5.41, 5.74) is 1.31. The van der Waals surface area contributed by atoms with Gasteiger partial charge in [-0.2, -0.15) is 0 Å². The first-order valence-electron chi connectivity index (χ1n) is 8.27. The van der Waals surface area contributed by atoms with Crippen LogP contribution in [0.2, 0.25) is 0 Å². The molecule has 1 aromatic carbocycles. The first-order valence-corrected chi connectivity index (χ1v) is 9.69. The molecule has 0 atom stereocenters. The van der Waals surface area contributed by atoms with Crippen LogP contribution in [0.1, 0.15) is 40.2 Å². The minimum absolute atomic E-state index is 0.187. The molecule has 3 heteroatoms. The number of benzene rings is 1. The van der Waals surface area contributed by atoms with E-state index in [2.05, 4.69) is 75.3 Å². The molecule has 21 heavy (non-hydrogen) atoms. The summed E-state index contributed by atoms with van der Waals surface area (Å²) in [6.45, 7) is 20.0. The second-order valence-electron chi connectivity index (χ2n) is 5.64. The summed E-state index contributed by atoms with van der Waals surface area (Å²) in [4.78, 5) is 5.26. The lowest BCUT2D eigenvalue weighted by Crippen LogP contribution is -2.64. The maximum atomic E-state index is 3.99. The summed E-state index contributed by atoms with van der Waals surface area (Å²) < 4.78 is 0. The maximum absolute atomic E-state index is 3.99. The number of hydrogen-bond acceptors (Lipinski definition) is 2. The summed E-state index contributed by atoms with van der Waals surface area (Å²) >= 11 is 0. The fraction of sp³-hybridized carbons (Fsp3) is 0.556. The van der Waals surface area contributed by atoms with Crippen molar-refractivity contribution in [3.63, 3.8) is 0 Å². The Kier molecular flexibility index (Phi) is 7.36. The van der Waals surface area contributed by atoms with Gasteiger partial charge in [0, 0.05) is 0 Å². The van der Waals surface area contributed by atoms with Crippen LogP contribution in [0, 0.1) is 0 Å². The van der Waals surface area contributed by atoms with Crippen molar-refractivity contribution in [3.8, 4) is 0 Å². The summed E-state index contributed by atoms with van der Waals surface area (Å²) in [5, 5.41) is 1.71. The molecular weight excluding hydrogens is 272 g/mol. The van der Waals surface area contributed by atoms with Crippen LogP contribution in [0.4, 0.5) is 0 Å². The van der Waals surface area contributed by atoms with E-state index in [4.69, 9.17) is 0 Å². The molecule has 0 aliphatic rings. The zero-order chi connectivity index (χ0) is 15.9. The van der Waals surface area contributed by atoms with Gasteiger partial charge in [-0.3, -0.25) is 9.80 Å². The first kappa shape index (κ1) is 18.1. The van der Waals surface area contributed by atoms with E-state index < -0.39 is 9.52 Å². The molecule has 0 aliphatic heterocycles. The van der Waals surface area contributed by atoms with Gasteiger partial charge in [0.2, 0.25) is 0 Å². The number of rotatable bonds is 9. The van der Waals surface area contributed by atoms with Crippen molar-refractivity contribution in [1.82, 2.24) is 9.80 Å². The van der Waals surface area contributed by atoms with Crippen LogP contribution >= 0.6 is 0 Å². The molecule has 0 radical (unpaired) electrons. The zero-order valence-corrected chi connectivity index (χ0v) is 15.9. The Balaban J connectivity index is 3.21. The van der Waals surface area contributed by atoms with Gasteiger partial charge in [-0.05, 0) is 38.7 Å². The van der Waals surface area contributed by atoms with Crippen LogP contribution in [0.15, 0.2) is 30.8 Å². The Labute approximate surface area is 133 Å². The molecule has 2 nitrogen and oxygen atoms in total. The summed E-state index contributed by atoms with van der Waals surface area (Å²) in [5.74, 6) is 0. The third kappa shape index (κ3) is 4.06. The molecule has 0 aromatic heterocycles. The SMILES string of the molecule is C=Cc1ccccc1[SiH2]C(C)(N(CC)CC)N(CC)CC. The molecule has 0 heterocycles. The average molecular weight is 305 g/mol. The average Bonchev–Trinajstić information content (AvgIpc) is 2.50. The van der Waals surface area contributed by atoms with E-state index in [9.17, 15) is 0 Å². The molecule has 0 fully saturated rings. The molecule has 0 saturated carbocycles. The van der Waals surface area contributed by atoms with Gasteiger partial charge < -0.3 is 0 Å². The summed E-state index contributed by atoms with van der Waals surface area (Å²) in [7, 11) is -0.492. The monoisotopic (exact) mass is 304 g/mol. The van der Waals surface area contributed by atoms with Gasteiger partial charge in [-0.25, -0.2) is 0 Å². The third-order valence-electron chi connectivity index (χ3n) is 4.69. The fourth-order valence-electron chi connectivity index (χ4n) is 3.49. The lowest BCUT2D eigenvalue weighted by atomic mass is 10.2. The highest BCUT2D eigenvalue weighted by atomic mass is 28.2. The van der Waals surface area contributed by atoms with Crippen LogP contribution in [-0.4, -0.2) is 50.8 Å². The lowest BCUT2D eigenvalue weighted by molar-refractivity contribution is 0.0313. The largest absolute Gasteiger partial charge is 0.289 e. The molecule has 1 rings (SSSR count). The van der Waals surface area contributed by atoms with Crippen molar-refractivity contribution in [2.75, 3.05) is 26.2 Å². The predicted octanol–water partition coefficient (Wildman–Crippen LogP) is 2.48. The van der Waals surface area contributed by atoms with Gasteiger partial charge in [0.05, 0.1) is 14.8 Å². The van der Waals surface area contributed by atoms with E-state index in [1.807, 2.05) is 6.08 Å². The highest BCUT2D eigenvalue weighted by Crippen LogP contribution is 2.19. The van der Waals surface area contributed by atoms with Crippen molar-refractivity contribution in [1.29, 1.82) is 0 Å². The van der Waals surface area contributed by atoms with Crippen LogP contribution in [0.3, 0.4) is 0 Å². The minimum atomic E-state index is -0.492. The van der Waals surface area contributed by atoms with E-state index >= 15 is 0 Å². The van der Waals surface area contributed by atoms with Crippen molar-refractivity contribution in [3.05, 3.63) is 36.4 Å². The smallest absolute Gasteiger partial charge is 0.0966 e. The van der Waals surface area contributed by atoms with Crippen LogP contribution in [-0.2, 0) is 0 Å². The lowest BCUT2D eigenvalue weighted by Gasteiger charge is -2.48. The summed E-state index contributed by atoms with van der Waals surface area (Å²) in [6, 6.07) is 8.77. The van der Waals surface area contributed by atoms with Gasteiger partial charge in [0.1, 0.15) is 0 Å². The predicted molar refractivity (Wildman–Crippen MR) is 99.0 cm³/mol. The zero-order valence-electron chi connectivity index (χ0n) is 14.5. The van der Waals surface area contributed by atoms with Crippen molar-refractivity contribution < 1.29 is 0 Å². The highest BCUT2D eigenvalue weighted by molar-refractivity contribution is 6.57. The standard InChI is InChI=1S/C18H32N2Si/c1-7-16-14-12-13-15-17(16)21-18(6,19(8-2)9-3)20(10-4)11-5/h7,12-15H,1,8-11,21H2,2-6H3.